The van der Waals surface area contributed by atoms with Gasteiger partial charge >= 0.3 is 0 Å². The van der Waals surface area contributed by atoms with Gasteiger partial charge in [0, 0.05) is 18.8 Å². The van der Waals surface area contributed by atoms with Crippen molar-refractivity contribution in [2.24, 2.45) is 5.92 Å². The first-order chi connectivity index (χ1) is 12.3. The number of sulfonamides is 1. The van der Waals surface area contributed by atoms with Gasteiger partial charge in [0.15, 0.2) is 5.76 Å². The molecule has 0 spiro atoms. The van der Waals surface area contributed by atoms with E-state index in [2.05, 4.69) is 10.5 Å². The Labute approximate surface area is 151 Å². The number of carbonyl (C=O) groups excluding carboxylic acids is 1. The lowest BCUT2D eigenvalue weighted by atomic mass is 9.99. The largest absolute Gasteiger partial charge is 0.360 e. The maximum absolute atomic E-state index is 13.3. The summed E-state index contributed by atoms with van der Waals surface area (Å²) >= 11 is 0. The predicted molar refractivity (Wildman–Crippen MR) is 92.5 cm³/mol. The Bertz CT molecular complexity index is 906. The minimum atomic E-state index is -3.79. The highest BCUT2D eigenvalue weighted by Crippen LogP contribution is 2.28. The smallest absolute Gasteiger partial charge is 0.248 e. The number of rotatable bonds is 4. The molecule has 0 saturated carbocycles. The lowest BCUT2D eigenvalue weighted by molar-refractivity contribution is -0.120. The van der Waals surface area contributed by atoms with Gasteiger partial charge in [-0.1, -0.05) is 11.2 Å². The molecule has 1 unspecified atom stereocenters. The number of anilines is 1. The van der Waals surface area contributed by atoms with Gasteiger partial charge in [-0.25, -0.2) is 12.8 Å². The molecule has 9 heteroatoms. The zero-order valence-electron chi connectivity index (χ0n) is 14.5. The number of piperidine rings is 1. The molecule has 1 aromatic heterocycles. The van der Waals surface area contributed by atoms with E-state index < -0.39 is 21.8 Å². The van der Waals surface area contributed by atoms with E-state index >= 15 is 0 Å². The highest BCUT2D eigenvalue weighted by atomic mass is 32.2. The first-order valence-electron chi connectivity index (χ1n) is 8.28. The predicted octanol–water partition coefficient (Wildman–Crippen LogP) is 2.47. The van der Waals surface area contributed by atoms with Crippen molar-refractivity contribution in [3.8, 4) is 0 Å². The van der Waals surface area contributed by atoms with E-state index in [1.165, 1.54) is 22.5 Å². The summed E-state index contributed by atoms with van der Waals surface area (Å²) in [6, 6.07) is 5.59. The van der Waals surface area contributed by atoms with Crippen molar-refractivity contribution in [1.82, 2.24) is 9.46 Å². The van der Waals surface area contributed by atoms with Gasteiger partial charge in [-0.15, -0.1) is 0 Å². The summed E-state index contributed by atoms with van der Waals surface area (Å²) in [5, 5.41) is 6.35. The van der Waals surface area contributed by atoms with Crippen molar-refractivity contribution >= 4 is 21.6 Å². The molecule has 2 aromatic rings. The molecule has 1 atom stereocenters. The van der Waals surface area contributed by atoms with Gasteiger partial charge in [-0.3, -0.25) is 4.79 Å². The number of hydrogen-bond donors (Lipinski definition) is 1. The Morgan fingerprint density at radius 3 is 2.81 bits per heavy atom. The molecule has 0 bridgehead atoms. The molecule has 0 aliphatic carbocycles. The van der Waals surface area contributed by atoms with Crippen molar-refractivity contribution in [3.63, 3.8) is 0 Å². The van der Waals surface area contributed by atoms with Crippen LogP contribution >= 0.6 is 0 Å². The van der Waals surface area contributed by atoms with E-state index in [1.54, 1.807) is 19.9 Å². The summed E-state index contributed by atoms with van der Waals surface area (Å²) in [6.45, 7) is 3.51. The molecule has 140 valence electrons. The van der Waals surface area contributed by atoms with Crippen LogP contribution < -0.4 is 5.32 Å². The number of hydrogen-bond acceptors (Lipinski definition) is 5. The van der Waals surface area contributed by atoms with Crippen molar-refractivity contribution < 1.29 is 22.1 Å². The molecule has 1 N–H and O–H groups in total. The Morgan fingerprint density at radius 2 is 2.15 bits per heavy atom. The van der Waals surface area contributed by atoms with Crippen LogP contribution in [0.1, 0.15) is 24.3 Å². The van der Waals surface area contributed by atoms with Crippen LogP contribution in [-0.4, -0.2) is 36.9 Å². The Kier molecular flexibility index (Phi) is 5.10. The molecule has 1 aromatic carbocycles. The van der Waals surface area contributed by atoms with E-state index in [0.29, 0.717) is 30.8 Å². The van der Waals surface area contributed by atoms with Gasteiger partial charge in [-0.05, 0) is 44.9 Å². The van der Waals surface area contributed by atoms with Crippen LogP contribution in [0.4, 0.5) is 10.1 Å². The standard InChI is InChI=1S/C17H20FN3O4S/c1-11-16(12(2)25-20-11)26(23,24)21-8-4-5-13(10-21)17(22)19-15-7-3-6-14(18)9-15/h3,6-7,9,13H,4-5,8,10H2,1-2H3,(H,19,22). The molecule has 26 heavy (non-hydrogen) atoms. The van der Waals surface area contributed by atoms with Gasteiger partial charge in [0.1, 0.15) is 16.4 Å². The number of halogens is 1. The second-order valence-corrected chi connectivity index (χ2v) is 8.23. The zero-order valence-corrected chi connectivity index (χ0v) is 15.3. The Hall–Kier alpha value is -2.26. The molecule has 3 rings (SSSR count). The van der Waals surface area contributed by atoms with Crippen molar-refractivity contribution in [3.05, 3.63) is 41.5 Å². The number of benzene rings is 1. The van der Waals surface area contributed by atoms with Crippen LogP contribution in [0.2, 0.25) is 0 Å². The summed E-state index contributed by atoms with van der Waals surface area (Å²) < 4.78 is 45.3. The average molecular weight is 381 g/mol. The quantitative estimate of drug-likeness (QED) is 0.878. The maximum Gasteiger partial charge on any atom is 0.248 e. The molecule has 2 heterocycles. The Morgan fingerprint density at radius 1 is 1.38 bits per heavy atom. The minimum absolute atomic E-state index is 0.0590. The molecule has 1 aliphatic heterocycles. The summed E-state index contributed by atoms with van der Waals surface area (Å²) in [5.74, 6) is -1.06. The van der Waals surface area contributed by atoms with Crippen molar-refractivity contribution in [1.29, 1.82) is 0 Å². The molecule has 1 saturated heterocycles. The first kappa shape index (κ1) is 18.5. The minimum Gasteiger partial charge on any atom is -0.360 e. The van der Waals surface area contributed by atoms with Gasteiger partial charge in [-0.2, -0.15) is 4.31 Å². The number of nitrogens with one attached hydrogen (secondary N) is 1. The van der Waals surface area contributed by atoms with Crippen LogP contribution in [0.25, 0.3) is 0 Å². The number of amides is 1. The molecule has 1 amide bonds. The summed E-state index contributed by atoms with van der Waals surface area (Å²) in [5.41, 5.74) is 0.648. The van der Waals surface area contributed by atoms with E-state index in [4.69, 9.17) is 4.52 Å². The monoisotopic (exact) mass is 381 g/mol. The van der Waals surface area contributed by atoms with Crippen LogP contribution in [-0.2, 0) is 14.8 Å². The summed E-state index contributed by atoms with van der Waals surface area (Å²) in [6.07, 6.45) is 1.12. The second kappa shape index (κ2) is 7.16. The lowest BCUT2D eigenvalue weighted by Crippen LogP contribution is -2.43. The van der Waals surface area contributed by atoms with E-state index in [9.17, 15) is 17.6 Å². The molecule has 0 radical (unpaired) electrons. The Balaban J connectivity index is 1.76. The molecular weight excluding hydrogens is 361 g/mol. The number of aromatic nitrogens is 1. The van der Waals surface area contributed by atoms with E-state index in [-0.39, 0.29) is 23.1 Å². The van der Waals surface area contributed by atoms with Gasteiger partial charge in [0.05, 0.1) is 5.92 Å². The van der Waals surface area contributed by atoms with Crippen LogP contribution in [0.5, 0.6) is 0 Å². The van der Waals surface area contributed by atoms with E-state index in [1.807, 2.05) is 0 Å². The summed E-state index contributed by atoms with van der Waals surface area (Å²) in [4.78, 5) is 12.5. The first-order valence-corrected chi connectivity index (χ1v) is 9.72. The molecule has 1 aliphatic rings. The van der Waals surface area contributed by atoms with Crippen LogP contribution in [0.15, 0.2) is 33.7 Å². The maximum atomic E-state index is 13.3. The number of aryl methyl sites for hydroxylation is 2. The van der Waals surface area contributed by atoms with Crippen molar-refractivity contribution in [2.45, 2.75) is 31.6 Å². The normalized spacial score (nSPS) is 18.7. The zero-order chi connectivity index (χ0) is 18.9. The van der Waals surface area contributed by atoms with E-state index in [0.717, 1.165) is 0 Å². The van der Waals surface area contributed by atoms with Crippen LogP contribution in [0, 0.1) is 25.6 Å². The second-order valence-electron chi connectivity index (χ2n) is 6.36. The average Bonchev–Trinajstić information content (AvgIpc) is 2.94. The van der Waals surface area contributed by atoms with Crippen LogP contribution in [0.3, 0.4) is 0 Å². The summed E-state index contributed by atoms with van der Waals surface area (Å²) in [7, 11) is -3.79. The van der Waals surface area contributed by atoms with Gasteiger partial charge in [0.2, 0.25) is 15.9 Å². The molecule has 7 nitrogen and oxygen atoms in total. The third kappa shape index (κ3) is 3.63. The molecule has 1 fully saturated rings. The fourth-order valence-electron chi connectivity index (χ4n) is 3.16. The highest BCUT2D eigenvalue weighted by Gasteiger charge is 2.36. The van der Waals surface area contributed by atoms with Crippen molar-refractivity contribution in [2.75, 3.05) is 18.4 Å². The van der Waals surface area contributed by atoms with Gasteiger partial charge in [0.25, 0.3) is 0 Å². The van der Waals surface area contributed by atoms with Gasteiger partial charge < -0.3 is 9.84 Å². The number of nitrogens with zero attached hydrogens (tertiary/aromatic N) is 2. The third-order valence-corrected chi connectivity index (χ3v) is 6.52. The number of carbonyl (C=O) groups is 1. The fraction of sp³-hybridized carbons (Fsp3) is 0.412. The molecular formula is C17H20FN3O4S. The topological polar surface area (TPSA) is 92.5 Å². The SMILES string of the molecule is Cc1noc(C)c1S(=O)(=O)N1CCCC(C(=O)Nc2cccc(F)c2)C1. The highest BCUT2D eigenvalue weighted by molar-refractivity contribution is 7.89. The fourth-order valence-corrected chi connectivity index (χ4v) is 4.97. The third-order valence-electron chi connectivity index (χ3n) is 4.41. The lowest BCUT2D eigenvalue weighted by Gasteiger charge is -2.31.